The van der Waals surface area contributed by atoms with Crippen molar-refractivity contribution in [3.8, 4) is 5.75 Å². The van der Waals surface area contributed by atoms with Crippen LogP contribution >= 0.6 is 0 Å². The van der Waals surface area contributed by atoms with Crippen LogP contribution in [0, 0.1) is 10.1 Å². The fraction of sp³-hybridized carbons (Fsp3) is 0.188. The van der Waals surface area contributed by atoms with Crippen molar-refractivity contribution < 1.29 is 14.5 Å². The first kappa shape index (κ1) is 16.3. The third kappa shape index (κ3) is 4.70. The second-order valence-corrected chi connectivity index (χ2v) is 4.76. The van der Waals surface area contributed by atoms with Gasteiger partial charge in [0.25, 0.3) is 5.69 Å². The van der Waals surface area contributed by atoms with Gasteiger partial charge < -0.3 is 15.4 Å². The molecule has 0 aliphatic rings. The Morgan fingerprint density at radius 1 is 1.22 bits per heavy atom. The first-order valence-corrected chi connectivity index (χ1v) is 7.01. The summed E-state index contributed by atoms with van der Waals surface area (Å²) in [6.45, 7) is 0.402. The van der Waals surface area contributed by atoms with Crippen molar-refractivity contribution in [3.05, 3.63) is 64.2 Å². The summed E-state index contributed by atoms with van der Waals surface area (Å²) in [6, 6.07) is 13.1. The molecule has 0 aliphatic carbocycles. The minimum Gasteiger partial charge on any atom is -0.497 e. The van der Waals surface area contributed by atoms with Crippen LogP contribution in [0.25, 0.3) is 0 Å². The van der Waals surface area contributed by atoms with Gasteiger partial charge in [0.05, 0.1) is 12.0 Å². The van der Waals surface area contributed by atoms with E-state index in [-0.39, 0.29) is 11.4 Å². The number of rotatable bonds is 6. The van der Waals surface area contributed by atoms with E-state index >= 15 is 0 Å². The highest BCUT2D eigenvalue weighted by Gasteiger charge is 2.14. The molecule has 23 heavy (non-hydrogen) atoms. The van der Waals surface area contributed by atoms with Crippen LogP contribution in [0.2, 0.25) is 0 Å². The van der Waals surface area contributed by atoms with Crippen LogP contribution in [0.3, 0.4) is 0 Å². The Morgan fingerprint density at radius 3 is 2.74 bits per heavy atom. The third-order valence-electron chi connectivity index (χ3n) is 3.18. The molecule has 0 atom stereocenters. The number of nitrogens with one attached hydrogen (secondary N) is 2. The quantitative estimate of drug-likeness (QED) is 0.633. The summed E-state index contributed by atoms with van der Waals surface area (Å²) in [5, 5.41) is 16.0. The summed E-state index contributed by atoms with van der Waals surface area (Å²) in [5.41, 5.74) is 1.04. The molecule has 120 valence electrons. The molecule has 2 aromatic rings. The smallest absolute Gasteiger partial charge is 0.319 e. The number of nitro groups is 1. The van der Waals surface area contributed by atoms with Crippen LogP contribution in [0.5, 0.6) is 5.75 Å². The maximum absolute atomic E-state index is 11.8. The molecule has 0 spiro atoms. The lowest BCUT2D eigenvalue weighted by Crippen LogP contribution is -2.30. The van der Waals surface area contributed by atoms with Gasteiger partial charge in [0.1, 0.15) is 11.4 Å². The van der Waals surface area contributed by atoms with Gasteiger partial charge in [0.2, 0.25) is 0 Å². The number of urea groups is 1. The number of methoxy groups -OCH3 is 1. The Balaban J connectivity index is 1.87. The van der Waals surface area contributed by atoms with E-state index in [9.17, 15) is 14.9 Å². The molecule has 0 fully saturated rings. The van der Waals surface area contributed by atoms with Gasteiger partial charge in [-0.3, -0.25) is 10.1 Å². The molecule has 2 rings (SSSR count). The maximum atomic E-state index is 11.8. The van der Waals surface area contributed by atoms with Crippen molar-refractivity contribution in [1.29, 1.82) is 0 Å². The predicted molar refractivity (Wildman–Crippen MR) is 86.8 cm³/mol. The van der Waals surface area contributed by atoms with Crippen LogP contribution in [0.15, 0.2) is 48.5 Å². The number of para-hydroxylation sites is 2. The standard InChI is InChI=1S/C16H17N3O4/c1-23-13-6-4-5-12(11-13)9-10-17-16(20)18-14-7-2-3-8-15(14)19(21)22/h2-8,11H,9-10H2,1H3,(H2,17,18,20). The first-order valence-electron chi connectivity index (χ1n) is 7.01. The summed E-state index contributed by atoms with van der Waals surface area (Å²) >= 11 is 0. The van der Waals surface area contributed by atoms with E-state index < -0.39 is 11.0 Å². The summed E-state index contributed by atoms with van der Waals surface area (Å²) in [4.78, 5) is 22.2. The minimum atomic E-state index is -0.536. The zero-order valence-electron chi connectivity index (χ0n) is 12.6. The Kier molecular flexibility index (Phi) is 5.51. The van der Waals surface area contributed by atoms with Crippen molar-refractivity contribution in [3.63, 3.8) is 0 Å². The molecule has 0 radical (unpaired) electrons. The van der Waals surface area contributed by atoms with Crippen LogP contribution in [0.4, 0.5) is 16.2 Å². The topological polar surface area (TPSA) is 93.5 Å². The van der Waals surface area contributed by atoms with Gasteiger partial charge in [-0.05, 0) is 30.2 Å². The number of anilines is 1. The molecular formula is C16H17N3O4. The molecule has 0 unspecified atom stereocenters. The van der Waals surface area contributed by atoms with Crippen molar-refractivity contribution >= 4 is 17.4 Å². The fourth-order valence-corrected chi connectivity index (χ4v) is 2.05. The largest absolute Gasteiger partial charge is 0.497 e. The van der Waals surface area contributed by atoms with Crippen molar-refractivity contribution in [1.82, 2.24) is 5.32 Å². The molecule has 2 aromatic carbocycles. The number of amides is 2. The Bertz CT molecular complexity index is 703. The number of carbonyl (C=O) groups is 1. The van der Waals surface area contributed by atoms with Crippen LogP contribution in [-0.2, 0) is 6.42 Å². The predicted octanol–water partition coefficient (Wildman–Crippen LogP) is 2.97. The Morgan fingerprint density at radius 2 is 2.00 bits per heavy atom. The lowest BCUT2D eigenvalue weighted by atomic mass is 10.1. The van der Waals surface area contributed by atoms with Gasteiger partial charge in [-0.15, -0.1) is 0 Å². The van der Waals surface area contributed by atoms with Gasteiger partial charge in [-0.25, -0.2) is 4.79 Å². The molecule has 2 amide bonds. The van der Waals surface area contributed by atoms with Crippen molar-refractivity contribution in [2.24, 2.45) is 0 Å². The Hall–Kier alpha value is -3.09. The first-order chi connectivity index (χ1) is 11.1. The average Bonchev–Trinajstić information content (AvgIpc) is 2.55. The van der Waals surface area contributed by atoms with E-state index in [1.54, 1.807) is 19.2 Å². The van der Waals surface area contributed by atoms with Gasteiger partial charge in [-0.1, -0.05) is 24.3 Å². The zero-order chi connectivity index (χ0) is 16.7. The lowest BCUT2D eigenvalue weighted by Gasteiger charge is -2.08. The number of hydrogen-bond acceptors (Lipinski definition) is 4. The van der Waals surface area contributed by atoms with E-state index in [0.717, 1.165) is 11.3 Å². The SMILES string of the molecule is COc1cccc(CCNC(=O)Nc2ccccc2[N+](=O)[O-])c1. The molecule has 0 saturated heterocycles. The van der Waals surface area contributed by atoms with Crippen LogP contribution in [0.1, 0.15) is 5.56 Å². The molecule has 7 heteroatoms. The van der Waals surface area contributed by atoms with E-state index in [4.69, 9.17) is 4.74 Å². The van der Waals surface area contributed by atoms with E-state index in [2.05, 4.69) is 10.6 Å². The number of ether oxygens (including phenoxy) is 1. The van der Waals surface area contributed by atoms with Gasteiger partial charge >= 0.3 is 6.03 Å². The van der Waals surface area contributed by atoms with E-state index in [1.165, 1.54) is 12.1 Å². The maximum Gasteiger partial charge on any atom is 0.319 e. The molecule has 0 bridgehead atoms. The minimum absolute atomic E-state index is 0.143. The van der Waals surface area contributed by atoms with E-state index in [1.807, 2.05) is 24.3 Å². The van der Waals surface area contributed by atoms with Gasteiger partial charge in [-0.2, -0.15) is 0 Å². The summed E-state index contributed by atoms with van der Waals surface area (Å²) in [5.74, 6) is 0.756. The zero-order valence-corrected chi connectivity index (χ0v) is 12.6. The van der Waals surface area contributed by atoms with Crippen LogP contribution < -0.4 is 15.4 Å². The molecule has 7 nitrogen and oxygen atoms in total. The van der Waals surface area contributed by atoms with E-state index in [0.29, 0.717) is 13.0 Å². The average molecular weight is 315 g/mol. The van der Waals surface area contributed by atoms with Crippen LogP contribution in [-0.4, -0.2) is 24.6 Å². The van der Waals surface area contributed by atoms with Gasteiger partial charge in [0, 0.05) is 12.6 Å². The summed E-state index contributed by atoms with van der Waals surface area (Å²) < 4.78 is 5.13. The van der Waals surface area contributed by atoms with Crippen molar-refractivity contribution in [2.45, 2.75) is 6.42 Å². The monoisotopic (exact) mass is 315 g/mol. The molecule has 0 heterocycles. The molecule has 0 aromatic heterocycles. The second-order valence-electron chi connectivity index (χ2n) is 4.76. The second kappa shape index (κ2) is 7.79. The fourth-order valence-electron chi connectivity index (χ4n) is 2.05. The number of carbonyl (C=O) groups excluding carboxylic acids is 1. The molecule has 0 aliphatic heterocycles. The number of nitro benzene ring substituents is 1. The van der Waals surface area contributed by atoms with Gasteiger partial charge in [0.15, 0.2) is 0 Å². The number of hydrogen-bond donors (Lipinski definition) is 2. The molecule has 0 saturated carbocycles. The third-order valence-corrected chi connectivity index (χ3v) is 3.18. The highest BCUT2D eigenvalue weighted by Crippen LogP contribution is 2.22. The molecular weight excluding hydrogens is 298 g/mol. The highest BCUT2D eigenvalue weighted by molar-refractivity contribution is 5.91. The molecule has 2 N–H and O–H groups in total. The van der Waals surface area contributed by atoms with Crippen molar-refractivity contribution in [2.75, 3.05) is 19.0 Å². The highest BCUT2D eigenvalue weighted by atomic mass is 16.6. The Labute approximate surface area is 133 Å². The summed E-state index contributed by atoms with van der Waals surface area (Å²) in [7, 11) is 1.59. The number of benzene rings is 2. The number of nitrogens with zero attached hydrogens (tertiary/aromatic N) is 1. The normalized spacial score (nSPS) is 9.96. The summed E-state index contributed by atoms with van der Waals surface area (Å²) in [6.07, 6.45) is 0.626. The lowest BCUT2D eigenvalue weighted by molar-refractivity contribution is -0.383.